The van der Waals surface area contributed by atoms with Gasteiger partial charge < -0.3 is 10.3 Å². The molecule has 0 bridgehead atoms. The molecular weight excluding hydrogens is 150 g/mol. The molecule has 0 fully saturated rings. The Morgan fingerprint density at radius 1 is 1.58 bits per heavy atom. The predicted octanol–water partition coefficient (Wildman–Crippen LogP) is 1.12. The molecule has 0 aliphatic rings. The fourth-order valence-corrected chi connectivity index (χ4v) is 1.15. The lowest BCUT2D eigenvalue weighted by Gasteiger charge is -1.96. The summed E-state index contributed by atoms with van der Waals surface area (Å²) < 4.78 is 0. The lowest BCUT2D eigenvalue weighted by molar-refractivity contribution is 0.706. The van der Waals surface area contributed by atoms with Crippen molar-refractivity contribution >= 4 is 0 Å². The van der Waals surface area contributed by atoms with Crippen molar-refractivity contribution in [2.24, 2.45) is 0 Å². The Labute approximate surface area is 73.6 Å². The standard InChI is InChI=1S/C9H17N3/c1-3-8-7-11-9(12-8)5-4-6-10-2/h7,10H,3-6H2,1-2H3,(H,11,12). The molecule has 1 aromatic heterocycles. The van der Waals surface area contributed by atoms with Crippen LogP contribution in [0.15, 0.2) is 6.20 Å². The first-order valence-corrected chi connectivity index (χ1v) is 4.54. The first-order chi connectivity index (χ1) is 5.86. The normalized spacial score (nSPS) is 10.5. The van der Waals surface area contributed by atoms with E-state index in [1.54, 1.807) is 0 Å². The van der Waals surface area contributed by atoms with Crippen LogP contribution in [0, 0.1) is 0 Å². The zero-order valence-electron chi connectivity index (χ0n) is 7.85. The average molecular weight is 167 g/mol. The molecule has 0 spiro atoms. The van der Waals surface area contributed by atoms with E-state index < -0.39 is 0 Å². The van der Waals surface area contributed by atoms with Crippen LogP contribution in [0.5, 0.6) is 0 Å². The van der Waals surface area contributed by atoms with Crippen molar-refractivity contribution in [3.05, 3.63) is 17.7 Å². The minimum absolute atomic E-state index is 1.04. The minimum Gasteiger partial charge on any atom is -0.346 e. The monoisotopic (exact) mass is 167 g/mol. The number of rotatable bonds is 5. The molecule has 3 heteroatoms. The maximum atomic E-state index is 4.28. The highest BCUT2D eigenvalue weighted by Gasteiger charge is 1.97. The topological polar surface area (TPSA) is 40.7 Å². The highest BCUT2D eigenvalue weighted by Crippen LogP contribution is 1.99. The molecule has 0 radical (unpaired) electrons. The van der Waals surface area contributed by atoms with Gasteiger partial charge >= 0.3 is 0 Å². The summed E-state index contributed by atoms with van der Waals surface area (Å²) in [5.41, 5.74) is 1.23. The molecule has 0 aliphatic heterocycles. The molecule has 1 heterocycles. The first kappa shape index (κ1) is 9.26. The summed E-state index contributed by atoms with van der Waals surface area (Å²) in [4.78, 5) is 7.56. The summed E-state index contributed by atoms with van der Waals surface area (Å²) in [6.45, 7) is 3.19. The maximum absolute atomic E-state index is 4.28. The van der Waals surface area contributed by atoms with Crippen LogP contribution in [0.2, 0.25) is 0 Å². The van der Waals surface area contributed by atoms with E-state index in [1.807, 2.05) is 13.2 Å². The number of aromatic nitrogens is 2. The van der Waals surface area contributed by atoms with Crippen molar-refractivity contribution in [2.45, 2.75) is 26.2 Å². The summed E-state index contributed by atoms with van der Waals surface area (Å²) in [6.07, 6.45) is 5.15. The van der Waals surface area contributed by atoms with Crippen LogP contribution >= 0.6 is 0 Å². The highest BCUT2D eigenvalue weighted by atomic mass is 14.9. The second-order valence-electron chi connectivity index (χ2n) is 2.92. The smallest absolute Gasteiger partial charge is 0.106 e. The third-order valence-electron chi connectivity index (χ3n) is 1.90. The van der Waals surface area contributed by atoms with E-state index in [4.69, 9.17) is 0 Å². The van der Waals surface area contributed by atoms with Gasteiger partial charge in [-0.05, 0) is 26.4 Å². The maximum Gasteiger partial charge on any atom is 0.106 e. The number of nitrogens with zero attached hydrogens (tertiary/aromatic N) is 1. The zero-order chi connectivity index (χ0) is 8.81. The Bertz CT molecular complexity index is 217. The molecule has 2 N–H and O–H groups in total. The van der Waals surface area contributed by atoms with Gasteiger partial charge in [-0.2, -0.15) is 0 Å². The van der Waals surface area contributed by atoms with Crippen LogP contribution in [0.3, 0.4) is 0 Å². The Hall–Kier alpha value is -0.830. The second kappa shape index (κ2) is 4.93. The van der Waals surface area contributed by atoms with Crippen LogP contribution in [0.25, 0.3) is 0 Å². The van der Waals surface area contributed by atoms with Gasteiger partial charge in [0.05, 0.1) is 0 Å². The summed E-state index contributed by atoms with van der Waals surface area (Å²) in [7, 11) is 1.97. The molecule has 0 aliphatic carbocycles. The summed E-state index contributed by atoms with van der Waals surface area (Å²) in [5.74, 6) is 1.11. The predicted molar refractivity (Wildman–Crippen MR) is 50.2 cm³/mol. The Morgan fingerprint density at radius 3 is 3.00 bits per heavy atom. The molecule has 12 heavy (non-hydrogen) atoms. The van der Waals surface area contributed by atoms with Gasteiger partial charge in [-0.25, -0.2) is 4.98 Å². The van der Waals surface area contributed by atoms with Gasteiger partial charge in [0.1, 0.15) is 5.82 Å². The molecule has 0 unspecified atom stereocenters. The van der Waals surface area contributed by atoms with Gasteiger partial charge in [-0.15, -0.1) is 0 Å². The molecule has 0 saturated heterocycles. The van der Waals surface area contributed by atoms with Crippen LogP contribution < -0.4 is 5.32 Å². The number of imidazole rings is 1. The highest BCUT2D eigenvalue weighted by molar-refractivity contribution is 5.00. The zero-order valence-corrected chi connectivity index (χ0v) is 7.85. The number of nitrogens with one attached hydrogen (secondary N) is 2. The third-order valence-corrected chi connectivity index (χ3v) is 1.90. The van der Waals surface area contributed by atoms with Gasteiger partial charge in [0.15, 0.2) is 0 Å². The molecule has 0 atom stereocenters. The minimum atomic E-state index is 1.04. The number of hydrogen-bond acceptors (Lipinski definition) is 2. The van der Waals surface area contributed by atoms with Gasteiger partial charge in [0.2, 0.25) is 0 Å². The molecule has 0 saturated carbocycles. The molecule has 0 aromatic carbocycles. The first-order valence-electron chi connectivity index (χ1n) is 4.54. The molecule has 1 rings (SSSR count). The van der Waals surface area contributed by atoms with Gasteiger partial charge in [-0.3, -0.25) is 0 Å². The number of aryl methyl sites for hydroxylation is 2. The molecule has 0 amide bonds. The van der Waals surface area contributed by atoms with E-state index in [0.717, 1.165) is 31.6 Å². The number of H-pyrrole nitrogens is 1. The Balaban J connectivity index is 2.31. The van der Waals surface area contributed by atoms with Crippen LogP contribution in [0.1, 0.15) is 24.9 Å². The van der Waals surface area contributed by atoms with Crippen LogP contribution in [0.4, 0.5) is 0 Å². The van der Waals surface area contributed by atoms with E-state index in [-0.39, 0.29) is 0 Å². The van der Waals surface area contributed by atoms with Gasteiger partial charge in [-0.1, -0.05) is 6.92 Å². The van der Waals surface area contributed by atoms with Crippen molar-refractivity contribution < 1.29 is 0 Å². The Morgan fingerprint density at radius 2 is 2.42 bits per heavy atom. The summed E-state index contributed by atoms with van der Waals surface area (Å²) >= 11 is 0. The Kier molecular flexibility index (Phi) is 3.80. The fourth-order valence-electron chi connectivity index (χ4n) is 1.15. The quantitative estimate of drug-likeness (QED) is 0.645. The third kappa shape index (κ3) is 2.66. The molecule has 68 valence electrons. The number of aromatic amines is 1. The van der Waals surface area contributed by atoms with Crippen molar-refractivity contribution in [1.82, 2.24) is 15.3 Å². The van der Waals surface area contributed by atoms with Crippen molar-refractivity contribution in [2.75, 3.05) is 13.6 Å². The van der Waals surface area contributed by atoms with E-state index in [2.05, 4.69) is 22.2 Å². The van der Waals surface area contributed by atoms with Crippen LogP contribution in [-0.2, 0) is 12.8 Å². The van der Waals surface area contributed by atoms with E-state index in [1.165, 1.54) is 5.69 Å². The summed E-state index contributed by atoms with van der Waals surface area (Å²) in [6, 6.07) is 0. The van der Waals surface area contributed by atoms with Crippen molar-refractivity contribution in [3.63, 3.8) is 0 Å². The van der Waals surface area contributed by atoms with Crippen molar-refractivity contribution in [1.29, 1.82) is 0 Å². The van der Waals surface area contributed by atoms with E-state index >= 15 is 0 Å². The average Bonchev–Trinajstić information content (AvgIpc) is 2.53. The molecule has 1 aromatic rings. The fraction of sp³-hybridized carbons (Fsp3) is 0.667. The lowest BCUT2D eigenvalue weighted by atomic mass is 10.3. The van der Waals surface area contributed by atoms with E-state index in [0.29, 0.717) is 0 Å². The summed E-state index contributed by atoms with van der Waals surface area (Å²) in [5, 5.41) is 3.12. The van der Waals surface area contributed by atoms with Crippen molar-refractivity contribution in [3.8, 4) is 0 Å². The van der Waals surface area contributed by atoms with Gasteiger partial charge in [0.25, 0.3) is 0 Å². The van der Waals surface area contributed by atoms with Gasteiger partial charge in [0, 0.05) is 18.3 Å². The molecule has 3 nitrogen and oxygen atoms in total. The van der Waals surface area contributed by atoms with Crippen LogP contribution in [-0.4, -0.2) is 23.6 Å². The largest absolute Gasteiger partial charge is 0.346 e. The SMILES string of the molecule is CCc1cnc(CCCNC)[nH]1. The van der Waals surface area contributed by atoms with E-state index in [9.17, 15) is 0 Å². The number of hydrogen-bond donors (Lipinski definition) is 2. The lowest BCUT2D eigenvalue weighted by Crippen LogP contribution is -2.08. The molecular formula is C9H17N3. The second-order valence-corrected chi connectivity index (χ2v) is 2.92.